The molecule has 0 N–H and O–H groups in total. The van der Waals surface area contributed by atoms with E-state index < -0.39 is 0 Å². The Morgan fingerprint density at radius 2 is 1.29 bits per heavy atom. The third-order valence-corrected chi connectivity index (χ3v) is 5.26. The summed E-state index contributed by atoms with van der Waals surface area (Å²) in [6.07, 6.45) is 13.6. The number of ether oxygens (including phenoxy) is 1. The maximum absolute atomic E-state index is 5.75. The summed E-state index contributed by atoms with van der Waals surface area (Å²) in [5, 5.41) is 0. The molecule has 0 atom stereocenters. The summed E-state index contributed by atoms with van der Waals surface area (Å²) in [6, 6.07) is 0. The smallest absolute Gasteiger partial charge is 0.0575 e. The summed E-state index contributed by atoms with van der Waals surface area (Å²) in [6.45, 7) is 5.38. The molecule has 2 aliphatic carbocycles. The zero-order valence-electron chi connectivity index (χ0n) is 11.8. The van der Waals surface area contributed by atoms with E-state index in [1.54, 1.807) is 0 Å². The molecular weight excluding hydrogens is 208 g/mol. The third kappa shape index (κ3) is 3.71. The standard InChI is InChI=1S/C16H30O/c1-3-13-5-7-14(8-6-13)15-9-11-16(12-10-15)17-4-2/h13-16H,3-12H2,1-2H3/t13?,14?,15-,16-. The van der Waals surface area contributed by atoms with E-state index in [9.17, 15) is 0 Å². The summed E-state index contributed by atoms with van der Waals surface area (Å²) < 4.78 is 5.75. The van der Waals surface area contributed by atoms with Crippen LogP contribution in [0.15, 0.2) is 0 Å². The molecule has 0 aliphatic heterocycles. The normalized spacial score (nSPS) is 39.2. The van der Waals surface area contributed by atoms with Crippen LogP contribution in [-0.4, -0.2) is 12.7 Å². The van der Waals surface area contributed by atoms with Crippen LogP contribution in [0.2, 0.25) is 0 Å². The zero-order chi connectivity index (χ0) is 12.1. The van der Waals surface area contributed by atoms with Crippen molar-refractivity contribution in [2.75, 3.05) is 6.61 Å². The monoisotopic (exact) mass is 238 g/mol. The van der Waals surface area contributed by atoms with Gasteiger partial charge in [-0.2, -0.15) is 0 Å². The van der Waals surface area contributed by atoms with Gasteiger partial charge in [-0.3, -0.25) is 0 Å². The molecule has 2 aliphatic rings. The van der Waals surface area contributed by atoms with Crippen molar-refractivity contribution in [3.8, 4) is 0 Å². The molecular formula is C16H30O. The van der Waals surface area contributed by atoms with E-state index >= 15 is 0 Å². The van der Waals surface area contributed by atoms with Gasteiger partial charge in [-0.15, -0.1) is 0 Å². The van der Waals surface area contributed by atoms with Crippen LogP contribution in [0, 0.1) is 17.8 Å². The third-order valence-electron chi connectivity index (χ3n) is 5.26. The Morgan fingerprint density at radius 1 is 0.765 bits per heavy atom. The maximum Gasteiger partial charge on any atom is 0.0575 e. The number of rotatable bonds is 4. The van der Waals surface area contributed by atoms with Crippen molar-refractivity contribution in [3.63, 3.8) is 0 Å². The van der Waals surface area contributed by atoms with Crippen LogP contribution in [0.3, 0.4) is 0 Å². The van der Waals surface area contributed by atoms with Crippen molar-refractivity contribution in [2.45, 2.75) is 77.7 Å². The van der Waals surface area contributed by atoms with Crippen LogP contribution in [-0.2, 0) is 4.74 Å². The topological polar surface area (TPSA) is 9.23 Å². The second-order valence-electron chi connectivity index (χ2n) is 6.18. The molecule has 0 aromatic carbocycles. The molecule has 0 heterocycles. The molecule has 0 radical (unpaired) electrons. The summed E-state index contributed by atoms with van der Waals surface area (Å²) in [5.41, 5.74) is 0. The molecule has 17 heavy (non-hydrogen) atoms. The molecule has 2 fully saturated rings. The Kier molecular flexibility index (Phi) is 5.34. The Balaban J connectivity index is 1.70. The molecule has 0 aromatic heterocycles. The van der Waals surface area contributed by atoms with Crippen LogP contribution in [0.1, 0.15) is 71.6 Å². The van der Waals surface area contributed by atoms with E-state index in [1.807, 2.05) is 0 Å². The molecule has 1 nitrogen and oxygen atoms in total. The lowest BCUT2D eigenvalue weighted by Crippen LogP contribution is -2.28. The van der Waals surface area contributed by atoms with Crippen molar-refractivity contribution in [3.05, 3.63) is 0 Å². The summed E-state index contributed by atoms with van der Waals surface area (Å²) in [5.74, 6) is 3.14. The van der Waals surface area contributed by atoms with Crippen LogP contribution < -0.4 is 0 Å². The highest BCUT2D eigenvalue weighted by Crippen LogP contribution is 2.41. The van der Waals surface area contributed by atoms with Gasteiger partial charge >= 0.3 is 0 Å². The van der Waals surface area contributed by atoms with Crippen LogP contribution >= 0.6 is 0 Å². The van der Waals surface area contributed by atoms with Gasteiger partial charge < -0.3 is 4.74 Å². The highest BCUT2D eigenvalue weighted by molar-refractivity contribution is 4.82. The lowest BCUT2D eigenvalue weighted by molar-refractivity contribution is 0.0135. The van der Waals surface area contributed by atoms with Gasteiger partial charge in [-0.1, -0.05) is 26.2 Å². The van der Waals surface area contributed by atoms with Gasteiger partial charge in [0.1, 0.15) is 0 Å². The van der Waals surface area contributed by atoms with Crippen molar-refractivity contribution in [2.24, 2.45) is 17.8 Å². The molecule has 0 bridgehead atoms. The second kappa shape index (κ2) is 6.78. The van der Waals surface area contributed by atoms with Crippen molar-refractivity contribution >= 4 is 0 Å². The molecule has 0 spiro atoms. The van der Waals surface area contributed by atoms with E-state index in [-0.39, 0.29) is 0 Å². The average Bonchev–Trinajstić information content (AvgIpc) is 2.40. The zero-order valence-corrected chi connectivity index (χ0v) is 11.8. The van der Waals surface area contributed by atoms with Gasteiger partial charge in [-0.25, -0.2) is 0 Å². The Hall–Kier alpha value is -0.0400. The van der Waals surface area contributed by atoms with Crippen molar-refractivity contribution < 1.29 is 4.74 Å². The van der Waals surface area contributed by atoms with Crippen LogP contribution in [0.25, 0.3) is 0 Å². The molecule has 0 aromatic rings. The van der Waals surface area contributed by atoms with E-state index in [2.05, 4.69) is 13.8 Å². The molecule has 100 valence electrons. The van der Waals surface area contributed by atoms with E-state index in [0.717, 1.165) is 24.4 Å². The Morgan fingerprint density at radius 3 is 1.76 bits per heavy atom. The van der Waals surface area contributed by atoms with Gasteiger partial charge in [0.25, 0.3) is 0 Å². The molecule has 0 amide bonds. The molecule has 0 unspecified atom stereocenters. The van der Waals surface area contributed by atoms with Gasteiger partial charge in [0.2, 0.25) is 0 Å². The van der Waals surface area contributed by atoms with E-state index in [4.69, 9.17) is 4.74 Å². The van der Waals surface area contributed by atoms with Gasteiger partial charge in [-0.05, 0) is 63.2 Å². The number of hydrogen-bond donors (Lipinski definition) is 0. The first-order valence-corrected chi connectivity index (χ1v) is 7.95. The fourth-order valence-corrected chi connectivity index (χ4v) is 4.03. The minimum Gasteiger partial charge on any atom is -0.379 e. The first-order chi connectivity index (χ1) is 8.33. The predicted molar refractivity (Wildman–Crippen MR) is 73.1 cm³/mol. The highest BCUT2D eigenvalue weighted by Gasteiger charge is 2.30. The molecule has 2 rings (SSSR count). The van der Waals surface area contributed by atoms with Crippen LogP contribution in [0.4, 0.5) is 0 Å². The summed E-state index contributed by atoms with van der Waals surface area (Å²) in [4.78, 5) is 0. The van der Waals surface area contributed by atoms with E-state index in [1.165, 1.54) is 57.8 Å². The first kappa shape index (κ1) is 13.4. The van der Waals surface area contributed by atoms with Gasteiger partial charge in [0.05, 0.1) is 6.10 Å². The first-order valence-electron chi connectivity index (χ1n) is 7.95. The fraction of sp³-hybridized carbons (Fsp3) is 1.00. The Labute approximate surface area is 107 Å². The minimum atomic E-state index is 0.586. The van der Waals surface area contributed by atoms with Crippen molar-refractivity contribution in [1.29, 1.82) is 0 Å². The highest BCUT2D eigenvalue weighted by atomic mass is 16.5. The van der Waals surface area contributed by atoms with Gasteiger partial charge in [0.15, 0.2) is 0 Å². The molecule has 1 heteroatoms. The second-order valence-corrected chi connectivity index (χ2v) is 6.18. The lowest BCUT2D eigenvalue weighted by Gasteiger charge is -2.37. The van der Waals surface area contributed by atoms with Crippen LogP contribution in [0.5, 0.6) is 0 Å². The lowest BCUT2D eigenvalue weighted by atomic mass is 9.70. The summed E-state index contributed by atoms with van der Waals surface area (Å²) in [7, 11) is 0. The quantitative estimate of drug-likeness (QED) is 0.683. The SMILES string of the molecule is CCO[C@H]1CC[C@H](C2CCC(CC)CC2)CC1. The molecule has 0 saturated heterocycles. The van der Waals surface area contributed by atoms with E-state index in [0.29, 0.717) is 6.10 Å². The largest absolute Gasteiger partial charge is 0.379 e. The molecule has 2 saturated carbocycles. The van der Waals surface area contributed by atoms with Gasteiger partial charge in [0, 0.05) is 6.61 Å². The minimum absolute atomic E-state index is 0.586. The maximum atomic E-state index is 5.75. The summed E-state index contributed by atoms with van der Waals surface area (Å²) >= 11 is 0. The van der Waals surface area contributed by atoms with Crippen molar-refractivity contribution in [1.82, 2.24) is 0 Å². The fourth-order valence-electron chi connectivity index (χ4n) is 4.03. The Bertz CT molecular complexity index is 198. The predicted octanol–water partition coefficient (Wildman–Crippen LogP) is 4.80. The number of hydrogen-bond acceptors (Lipinski definition) is 1. The average molecular weight is 238 g/mol.